The van der Waals surface area contributed by atoms with Gasteiger partial charge in [0.05, 0.1) is 32.8 Å². The van der Waals surface area contributed by atoms with Gasteiger partial charge in [-0.05, 0) is 124 Å². The zero-order valence-corrected chi connectivity index (χ0v) is 60.3. The van der Waals surface area contributed by atoms with Gasteiger partial charge in [-0.2, -0.15) is 0 Å². The highest BCUT2D eigenvalue weighted by Gasteiger charge is 2.26. The van der Waals surface area contributed by atoms with Crippen LogP contribution >= 0.6 is 0 Å². The first-order chi connectivity index (χ1) is 55.5. The fourth-order valence-electron chi connectivity index (χ4n) is 16.1. The van der Waals surface area contributed by atoms with E-state index >= 15 is 0 Å². The van der Waals surface area contributed by atoms with Gasteiger partial charge >= 0.3 is 0 Å². The van der Waals surface area contributed by atoms with Crippen molar-refractivity contribution in [3.05, 3.63) is 388 Å². The highest BCUT2D eigenvalue weighted by atomic mass is 16.3. The Bertz CT molecular complexity index is 7220. The second kappa shape index (κ2) is 27.5. The van der Waals surface area contributed by atoms with E-state index in [0.717, 1.165) is 177 Å². The quantitative estimate of drug-likeness (QED) is 0.119. The molecule has 0 fully saturated rings. The Hall–Kier alpha value is -15.3. The van der Waals surface area contributed by atoms with Crippen LogP contribution in [0.25, 0.3) is 212 Å². The van der Waals surface area contributed by atoms with Crippen molar-refractivity contribution in [1.29, 1.82) is 0 Å². The highest BCUT2D eigenvalue weighted by molar-refractivity contribution is 6.26. The van der Waals surface area contributed by atoms with Crippen LogP contribution in [-0.4, -0.2) is 39.0 Å². The zero-order valence-electron chi connectivity index (χ0n) is 60.3. The van der Waals surface area contributed by atoms with Crippen LogP contribution in [0, 0.1) is 0 Å². The SMILES string of the molecule is c1ccc(-c2ccc(-c3ccc4c(c3)oc3c4ccc4c3c3ccccc3n4-c3ccccc3)c(-c3nc(-c4ccccc4)nc(-c4ccccc4)n3)c2)cc1.c1ccc(-c2ccc(-c3cccc4c3oc3c4ccc4c3c3ccccc3n4-c3ccccc3)c(-c3nc(-c4ccccc4)nc(-c4ccccc4)n3)c2)cc1. The monoisotopic (exact) mass is 1430 g/mol. The van der Waals surface area contributed by atoms with E-state index in [0.29, 0.717) is 34.9 Å². The minimum Gasteiger partial charge on any atom is -0.455 e. The van der Waals surface area contributed by atoms with Crippen molar-refractivity contribution >= 4 is 87.5 Å². The predicted molar refractivity (Wildman–Crippen MR) is 457 cm³/mol. The first-order valence-corrected chi connectivity index (χ1v) is 37.6. The Morgan fingerprint density at radius 3 is 0.973 bits per heavy atom. The Morgan fingerprint density at radius 2 is 0.518 bits per heavy atom. The molecule has 10 nitrogen and oxygen atoms in total. The summed E-state index contributed by atoms with van der Waals surface area (Å²) in [5, 5.41) is 8.81. The summed E-state index contributed by atoms with van der Waals surface area (Å²) in [5.41, 5.74) is 24.0. The molecule has 10 heteroatoms. The first kappa shape index (κ1) is 65.1. The molecule has 22 rings (SSSR count). The number of hydrogen-bond donors (Lipinski definition) is 0. The zero-order chi connectivity index (χ0) is 74.0. The van der Waals surface area contributed by atoms with E-state index in [9.17, 15) is 0 Å². The van der Waals surface area contributed by atoms with Crippen molar-refractivity contribution < 1.29 is 8.83 Å². The summed E-state index contributed by atoms with van der Waals surface area (Å²) in [6.07, 6.45) is 0. The van der Waals surface area contributed by atoms with Gasteiger partial charge in [0, 0.05) is 82.6 Å². The second-order valence-electron chi connectivity index (χ2n) is 28.0. The fraction of sp³-hybridized carbons (Fsp3) is 0. The van der Waals surface area contributed by atoms with Gasteiger partial charge in [0.15, 0.2) is 34.9 Å². The van der Waals surface area contributed by atoms with Gasteiger partial charge in [-0.25, -0.2) is 29.9 Å². The highest BCUT2D eigenvalue weighted by Crippen LogP contribution is 2.47. The molecule has 0 atom stereocenters. The average Bonchev–Trinajstić information content (AvgIpc) is 1.56. The van der Waals surface area contributed by atoms with Gasteiger partial charge in [-0.15, -0.1) is 0 Å². The minimum atomic E-state index is 0.590. The van der Waals surface area contributed by atoms with Crippen LogP contribution < -0.4 is 0 Å². The molecule has 0 aliphatic heterocycles. The molecule has 0 aliphatic rings. The maximum absolute atomic E-state index is 7.13. The molecule has 0 N–H and O–H groups in total. The Kier molecular flexibility index (Phi) is 16.0. The molecular weight excluding hydrogens is 1370 g/mol. The summed E-state index contributed by atoms with van der Waals surface area (Å²) in [6.45, 7) is 0. The number of furan rings is 2. The van der Waals surface area contributed by atoms with Gasteiger partial charge in [-0.3, -0.25) is 0 Å². The fourth-order valence-corrected chi connectivity index (χ4v) is 16.1. The van der Waals surface area contributed by atoms with E-state index in [2.05, 4.69) is 264 Å². The van der Waals surface area contributed by atoms with Gasteiger partial charge in [0.25, 0.3) is 0 Å². The molecule has 6 heterocycles. The molecule has 16 aromatic carbocycles. The Labute approximate surface area is 643 Å². The topological polar surface area (TPSA) is 113 Å². The van der Waals surface area contributed by atoms with Crippen LogP contribution in [0.2, 0.25) is 0 Å². The van der Waals surface area contributed by atoms with Crippen LogP contribution in [0.1, 0.15) is 0 Å². The third kappa shape index (κ3) is 11.4. The summed E-state index contributed by atoms with van der Waals surface area (Å²) in [7, 11) is 0. The van der Waals surface area contributed by atoms with E-state index < -0.39 is 0 Å². The summed E-state index contributed by atoms with van der Waals surface area (Å²) in [5.74, 6) is 3.67. The number of aromatic nitrogens is 8. The largest absolute Gasteiger partial charge is 0.455 e. The smallest absolute Gasteiger partial charge is 0.164 e. The lowest BCUT2D eigenvalue weighted by Crippen LogP contribution is -2.01. The van der Waals surface area contributed by atoms with E-state index in [1.54, 1.807) is 0 Å². The summed E-state index contributed by atoms with van der Waals surface area (Å²) >= 11 is 0. The number of hydrogen-bond acceptors (Lipinski definition) is 8. The lowest BCUT2D eigenvalue weighted by atomic mass is 9.93. The maximum Gasteiger partial charge on any atom is 0.164 e. The molecule has 112 heavy (non-hydrogen) atoms. The number of fused-ring (bicyclic) bond motifs is 14. The van der Waals surface area contributed by atoms with Crippen LogP contribution in [0.15, 0.2) is 397 Å². The van der Waals surface area contributed by atoms with Crippen LogP contribution in [0.5, 0.6) is 0 Å². The second-order valence-corrected chi connectivity index (χ2v) is 28.0. The van der Waals surface area contributed by atoms with E-state index in [1.165, 1.54) is 0 Å². The average molecular weight is 1430 g/mol. The third-order valence-electron chi connectivity index (χ3n) is 21.3. The molecule has 22 aromatic rings. The van der Waals surface area contributed by atoms with Crippen LogP contribution in [-0.2, 0) is 0 Å². The van der Waals surface area contributed by atoms with Gasteiger partial charge in [0.2, 0.25) is 0 Å². The van der Waals surface area contributed by atoms with Gasteiger partial charge < -0.3 is 18.0 Å². The molecule has 6 aromatic heterocycles. The summed E-state index contributed by atoms with van der Waals surface area (Å²) < 4.78 is 18.7. The van der Waals surface area contributed by atoms with Gasteiger partial charge in [0.1, 0.15) is 22.3 Å². The number of nitrogens with zero attached hydrogens (tertiary/aromatic N) is 8. The van der Waals surface area contributed by atoms with Crippen molar-refractivity contribution in [2.45, 2.75) is 0 Å². The normalized spacial score (nSPS) is 11.6. The maximum atomic E-state index is 7.13. The van der Waals surface area contributed by atoms with Crippen LogP contribution in [0.4, 0.5) is 0 Å². The molecule has 0 spiro atoms. The molecule has 0 radical (unpaired) electrons. The molecule has 0 amide bonds. The van der Waals surface area contributed by atoms with Gasteiger partial charge in [-0.1, -0.05) is 303 Å². The van der Waals surface area contributed by atoms with E-state index in [-0.39, 0.29) is 0 Å². The molecule has 0 bridgehead atoms. The van der Waals surface area contributed by atoms with Crippen LogP contribution in [0.3, 0.4) is 0 Å². The molecule has 0 saturated heterocycles. The lowest BCUT2D eigenvalue weighted by molar-refractivity contribution is 0.673. The standard InChI is InChI=1S/2C51H32N4O/c1-5-16-33(17-6-1)36-28-29-38(43(32-36)51-53-49(34-18-7-2-8-19-34)52-50(54-51)35-20-9-3-10-21-35)39-25-15-26-40-41-30-31-45-46(48(41)56-47(39)40)42-24-13-14-27-44(42)55(45)37-22-11-4-12-23-37;1-5-15-33(16-6-1)36-25-27-39(43(31-36)51-53-49(34-17-7-2-8-18-34)52-50(54-51)35-19-9-3-10-20-35)37-26-28-40-41-29-30-45-47(48(41)56-46(40)32-37)42-23-13-14-24-44(42)55(45)38-21-11-4-12-22-38/h2*1-32H. The van der Waals surface area contributed by atoms with Crippen molar-refractivity contribution in [2.24, 2.45) is 0 Å². The van der Waals surface area contributed by atoms with Crippen molar-refractivity contribution in [3.8, 4) is 124 Å². The van der Waals surface area contributed by atoms with E-state index in [4.69, 9.17) is 38.7 Å². The first-order valence-electron chi connectivity index (χ1n) is 37.6. The number of rotatable bonds is 12. The molecule has 0 saturated carbocycles. The lowest BCUT2D eigenvalue weighted by Gasteiger charge is -2.14. The predicted octanol–water partition coefficient (Wildman–Crippen LogP) is 26.4. The Morgan fingerprint density at radius 1 is 0.179 bits per heavy atom. The molecular formula is C102H64N8O2. The number of para-hydroxylation sites is 5. The Balaban J connectivity index is 0.000000141. The molecule has 0 unspecified atom stereocenters. The number of benzene rings is 16. The molecule has 524 valence electrons. The van der Waals surface area contributed by atoms with Crippen molar-refractivity contribution in [1.82, 2.24) is 39.0 Å². The molecule has 0 aliphatic carbocycles. The summed E-state index contributed by atoms with van der Waals surface area (Å²) in [4.78, 5) is 30.7. The summed E-state index contributed by atoms with van der Waals surface area (Å²) in [6, 6.07) is 134. The van der Waals surface area contributed by atoms with Crippen molar-refractivity contribution in [2.75, 3.05) is 0 Å². The van der Waals surface area contributed by atoms with Crippen molar-refractivity contribution in [3.63, 3.8) is 0 Å². The third-order valence-corrected chi connectivity index (χ3v) is 21.3. The van der Waals surface area contributed by atoms with E-state index in [1.807, 2.05) is 133 Å². The minimum absolute atomic E-state index is 0.590.